The summed E-state index contributed by atoms with van der Waals surface area (Å²) in [5.74, 6) is 0.541. The van der Waals surface area contributed by atoms with E-state index < -0.39 is 12.2 Å². The predicted molar refractivity (Wildman–Crippen MR) is 136 cm³/mol. The summed E-state index contributed by atoms with van der Waals surface area (Å²) in [4.78, 5) is 0. The summed E-state index contributed by atoms with van der Waals surface area (Å²) in [6, 6.07) is 24.0. The molecule has 4 atom stereocenters. The smallest absolute Gasteiger partial charge is 0.115 e. The molecule has 6 rings (SSSR count). The number of epoxide rings is 2. The van der Waals surface area contributed by atoms with Crippen molar-refractivity contribution < 1.29 is 34.6 Å². The van der Waals surface area contributed by atoms with Gasteiger partial charge in [0.15, 0.2) is 0 Å². The van der Waals surface area contributed by atoms with E-state index in [9.17, 15) is 20.4 Å². The van der Waals surface area contributed by atoms with E-state index in [1.807, 2.05) is 36.4 Å². The first-order valence-corrected chi connectivity index (χ1v) is 12.1. The van der Waals surface area contributed by atoms with Gasteiger partial charge in [-0.05, 0) is 81.9 Å². The lowest BCUT2D eigenvalue weighted by Gasteiger charge is -2.27. The highest BCUT2D eigenvalue weighted by Gasteiger charge is 2.43. The molecule has 37 heavy (non-hydrogen) atoms. The average molecular weight is 499 g/mol. The molecule has 2 aliphatic heterocycles. The van der Waals surface area contributed by atoms with Crippen molar-refractivity contribution in [2.24, 2.45) is 0 Å². The van der Waals surface area contributed by atoms with Gasteiger partial charge in [-0.15, -0.1) is 0 Å². The Morgan fingerprint density at radius 1 is 0.541 bits per heavy atom. The number of aromatic hydroxyl groups is 4. The lowest BCUT2D eigenvalue weighted by atomic mass is 9.92. The summed E-state index contributed by atoms with van der Waals surface area (Å²) in [7, 11) is 0. The maximum absolute atomic E-state index is 10.4. The molecule has 0 radical (unpaired) electrons. The fourth-order valence-corrected chi connectivity index (χ4v) is 4.72. The molecule has 0 amide bonds. The number of rotatable bonds is 8. The summed E-state index contributed by atoms with van der Waals surface area (Å²) in [5.41, 5.74) is 4.94. The van der Waals surface area contributed by atoms with Crippen LogP contribution in [0.25, 0.3) is 22.3 Å². The molecule has 7 heteroatoms. The molecule has 2 fully saturated rings. The van der Waals surface area contributed by atoms with E-state index in [1.54, 1.807) is 48.5 Å². The van der Waals surface area contributed by atoms with Gasteiger partial charge in [-0.1, -0.05) is 36.4 Å². The molecule has 0 bridgehead atoms. The number of ether oxygens (including phenoxy) is 3. The Balaban J connectivity index is 1.42. The summed E-state index contributed by atoms with van der Waals surface area (Å²) < 4.78 is 18.2. The van der Waals surface area contributed by atoms with Crippen LogP contribution in [0.2, 0.25) is 0 Å². The van der Waals surface area contributed by atoms with Gasteiger partial charge in [0.05, 0.1) is 13.2 Å². The van der Waals surface area contributed by atoms with Gasteiger partial charge < -0.3 is 34.6 Å². The lowest BCUT2D eigenvalue weighted by Crippen LogP contribution is -2.20. The van der Waals surface area contributed by atoms with Crippen molar-refractivity contribution >= 4 is 0 Å². The largest absolute Gasteiger partial charge is 0.508 e. The normalized spacial score (nSPS) is 19.8. The fraction of sp³-hybridized carbons (Fsp3) is 0.200. The molecule has 2 heterocycles. The quantitative estimate of drug-likeness (QED) is 0.239. The van der Waals surface area contributed by atoms with Crippen LogP contribution in [-0.2, 0) is 14.2 Å². The minimum absolute atomic E-state index is 0.105. The third kappa shape index (κ3) is 4.97. The molecular formula is C30H26O7. The highest BCUT2D eigenvalue weighted by atomic mass is 16.6. The van der Waals surface area contributed by atoms with Crippen LogP contribution in [0, 0.1) is 0 Å². The zero-order valence-electron chi connectivity index (χ0n) is 19.8. The molecule has 0 saturated carbocycles. The minimum atomic E-state index is -0.528. The topological polar surface area (TPSA) is 115 Å². The Kier molecular flexibility index (Phi) is 5.96. The standard InChI is InChI=1S/C30H26O7/c31-19-5-1-17(2-6-19)23-11-9-21(33)13-25(23)29(27-15-35-27)37-30(28-16-36-28)26-14-22(34)10-12-24(26)18-3-7-20(32)8-4-18/h1-14,27-34H,15-16H2. The molecule has 0 aromatic heterocycles. The van der Waals surface area contributed by atoms with Crippen molar-refractivity contribution in [3.63, 3.8) is 0 Å². The van der Waals surface area contributed by atoms with Gasteiger partial charge in [-0.2, -0.15) is 0 Å². The van der Waals surface area contributed by atoms with Gasteiger partial charge in [-0.3, -0.25) is 0 Å². The van der Waals surface area contributed by atoms with E-state index in [1.165, 1.54) is 0 Å². The van der Waals surface area contributed by atoms with Crippen LogP contribution in [0.3, 0.4) is 0 Å². The summed E-state index contributed by atoms with van der Waals surface area (Å²) >= 11 is 0. The molecule has 2 aliphatic rings. The molecule has 2 saturated heterocycles. The van der Waals surface area contributed by atoms with E-state index in [0.717, 1.165) is 33.4 Å². The zero-order chi connectivity index (χ0) is 25.5. The minimum Gasteiger partial charge on any atom is -0.508 e. The molecule has 0 spiro atoms. The Bertz CT molecular complexity index is 1300. The van der Waals surface area contributed by atoms with E-state index in [4.69, 9.17) is 14.2 Å². The van der Waals surface area contributed by atoms with Crippen molar-refractivity contribution in [1.29, 1.82) is 0 Å². The Morgan fingerprint density at radius 3 is 1.24 bits per heavy atom. The van der Waals surface area contributed by atoms with Gasteiger partial charge in [0.25, 0.3) is 0 Å². The van der Waals surface area contributed by atoms with E-state index >= 15 is 0 Å². The van der Waals surface area contributed by atoms with Gasteiger partial charge >= 0.3 is 0 Å². The second-order valence-corrected chi connectivity index (χ2v) is 9.36. The van der Waals surface area contributed by atoms with Crippen LogP contribution in [0.15, 0.2) is 84.9 Å². The van der Waals surface area contributed by atoms with Gasteiger partial charge in [-0.25, -0.2) is 0 Å². The van der Waals surface area contributed by atoms with Crippen LogP contribution in [0.4, 0.5) is 0 Å². The third-order valence-electron chi connectivity index (χ3n) is 6.73. The highest BCUT2D eigenvalue weighted by Crippen LogP contribution is 2.46. The van der Waals surface area contributed by atoms with E-state index in [-0.39, 0.29) is 35.2 Å². The number of benzene rings is 4. The summed E-state index contributed by atoms with van der Waals surface area (Å²) in [5, 5.41) is 40.3. The van der Waals surface area contributed by atoms with Crippen molar-refractivity contribution in [2.75, 3.05) is 13.2 Å². The van der Waals surface area contributed by atoms with Gasteiger partial charge in [0.1, 0.15) is 47.4 Å². The monoisotopic (exact) mass is 498 g/mol. The molecule has 4 aromatic carbocycles. The first kappa shape index (κ1) is 23.4. The predicted octanol–water partition coefficient (Wildman–Crippen LogP) is 5.44. The van der Waals surface area contributed by atoms with Crippen LogP contribution in [0.5, 0.6) is 23.0 Å². The van der Waals surface area contributed by atoms with Crippen molar-refractivity contribution in [3.8, 4) is 45.3 Å². The molecule has 0 aliphatic carbocycles. The summed E-state index contributed by atoms with van der Waals surface area (Å²) in [6.07, 6.45) is -1.48. The van der Waals surface area contributed by atoms with Crippen LogP contribution >= 0.6 is 0 Å². The van der Waals surface area contributed by atoms with Crippen molar-refractivity contribution in [3.05, 3.63) is 96.1 Å². The average Bonchev–Trinajstić information content (AvgIpc) is 3.81. The van der Waals surface area contributed by atoms with Crippen molar-refractivity contribution in [1.82, 2.24) is 0 Å². The number of hydrogen-bond donors (Lipinski definition) is 4. The van der Waals surface area contributed by atoms with Crippen LogP contribution in [-0.4, -0.2) is 45.8 Å². The second-order valence-electron chi connectivity index (χ2n) is 9.36. The highest BCUT2D eigenvalue weighted by molar-refractivity contribution is 5.71. The lowest BCUT2D eigenvalue weighted by molar-refractivity contribution is -0.0415. The Hall–Kier alpha value is -4.04. The first-order chi connectivity index (χ1) is 18.0. The van der Waals surface area contributed by atoms with Crippen molar-refractivity contribution in [2.45, 2.75) is 24.4 Å². The second kappa shape index (κ2) is 9.44. The Labute approximate surface area is 213 Å². The Morgan fingerprint density at radius 2 is 0.892 bits per heavy atom. The van der Waals surface area contributed by atoms with Crippen LogP contribution < -0.4 is 0 Å². The van der Waals surface area contributed by atoms with Gasteiger partial charge in [0, 0.05) is 0 Å². The molecule has 7 nitrogen and oxygen atoms in total. The fourth-order valence-electron chi connectivity index (χ4n) is 4.72. The molecule has 4 N–H and O–H groups in total. The van der Waals surface area contributed by atoms with Crippen LogP contribution in [0.1, 0.15) is 23.3 Å². The SMILES string of the molecule is Oc1ccc(-c2ccc(O)cc2C(OC(c2cc(O)ccc2-c2ccc(O)cc2)C2CO2)C2CO2)cc1. The molecule has 4 aromatic rings. The van der Waals surface area contributed by atoms with Gasteiger partial charge in [0.2, 0.25) is 0 Å². The molecule has 188 valence electrons. The number of phenolic OH excluding ortho intramolecular Hbond substituents is 4. The molecular weight excluding hydrogens is 472 g/mol. The third-order valence-corrected chi connectivity index (χ3v) is 6.73. The number of hydrogen-bond acceptors (Lipinski definition) is 7. The van der Waals surface area contributed by atoms with E-state index in [2.05, 4.69) is 0 Å². The maximum Gasteiger partial charge on any atom is 0.115 e. The maximum atomic E-state index is 10.4. The first-order valence-electron chi connectivity index (χ1n) is 12.1. The zero-order valence-corrected chi connectivity index (χ0v) is 19.8. The summed E-state index contributed by atoms with van der Waals surface area (Å²) in [6.45, 7) is 1.02. The number of phenols is 4. The molecule has 4 unspecified atom stereocenters. The van der Waals surface area contributed by atoms with E-state index in [0.29, 0.717) is 13.2 Å².